The normalized spacial score (nSPS) is 31.3. The number of β-amino-alcohol motifs (C(OH)–C–C–N with tert-alkyl or cyclic N) is 1. The number of para-hydroxylation sites is 1. The van der Waals surface area contributed by atoms with Crippen molar-refractivity contribution in [3.63, 3.8) is 0 Å². The fraction of sp³-hybridized carbons (Fsp3) is 0.480. The Bertz CT molecular complexity index is 1030. The third kappa shape index (κ3) is 3.67. The molecule has 182 valence electrons. The van der Waals surface area contributed by atoms with E-state index in [9.17, 15) is 19.5 Å². The highest BCUT2D eigenvalue weighted by molar-refractivity contribution is 8.02. The largest absolute Gasteiger partial charge is 0.461 e. The van der Waals surface area contributed by atoms with Gasteiger partial charge in [-0.25, -0.2) is 0 Å². The first-order valence-corrected chi connectivity index (χ1v) is 12.5. The highest BCUT2D eigenvalue weighted by atomic mass is 35.5. The van der Waals surface area contributed by atoms with Crippen molar-refractivity contribution < 1.29 is 24.2 Å². The van der Waals surface area contributed by atoms with Gasteiger partial charge in [0.15, 0.2) is 0 Å². The number of hydrogen-bond donors (Lipinski definition) is 1. The number of carbonyl (C=O) groups is 3. The maximum Gasteiger partial charge on any atom is 0.311 e. The van der Waals surface area contributed by atoms with E-state index in [0.29, 0.717) is 23.6 Å². The van der Waals surface area contributed by atoms with Gasteiger partial charge in [0.05, 0.1) is 33.9 Å². The van der Waals surface area contributed by atoms with Crippen LogP contribution in [0, 0.1) is 11.8 Å². The molecule has 3 saturated heterocycles. The Labute approximate surface area is 208 Å². The number of hydrogen-bond acceptors (Lipinski definition) is 6. The predicted octanol–water partition coefficient (Wildman–Crippen LogP) is 3.06. The lowest BCUT2D eigenvalue weighted by Gasteiger charge is -2.37. The zero-order chi connectivity index (χ0) is 24.7. The van der Waals surface area contributed by atoms with Crippen molar-refractivity contribution in [3.8, 4) is 0 Å². The number of ether oxygens (including phenoxy) is 1. The molecule has 2 amide bonds. The van der Waals surface area contributed by atoms with E-state index in [4.69, 9.17) is 16.3 Å². The van der Waals surface area contributed by atoms with Crippen molar-refractivity contribution in [2.24, 2.45) is 11.8 Å². The number of amides is 2. The third-order valence-electron chi connectivity index (χ3n) is 7.17. The number of aliphatic hydroxyl groups is 1. The van der Waals surface area contributed by atoms with Crippen molar-refractivity contribution in [1.29, 1.82) is 0 Å². The molecular weight excluding hydrogens is 476 g/mol. The molecular formula is C25H29ClN2O5S. The summed E-state index contributed by atoms with van der Waals surface area (Å²) >= 11 is 7.98. The molecule has 3 aliphatic rings. The molecule has 0 radical (unpaired) electrons. The minimum absolute atomic E-state index is 0.00361. The van der Waals surface area contributed by atoms with E-state index in [1.165, 1.54) is 15.9 Å². The lowest BCUT2D eigenvalue weighted by molar-refractivity contribution is -0.154. The number of carbonyl (C=O) groups excluding carboxylic acids is 3. The van der Waals surface area contributed by atoms with Crippen LogP contribution in [0.15, 0.2) is 49.6 Å². The molecule has 5 atom stereocenters. The summed E-state index contributed by atoms with van der Waals surface area (Å²) in [7, 11) is 0. The summed E-state index contributed by atoms with van der Waals surface area (Å²) < 4.78 is 4.08. The number of likely N-dealkylation sites (tertiary alicyclic amines) is 1. The van der Waals surface area contributed by atoms with Gasteiger partial charge in [-0.1, -0.05) is 42.5 Å². The van der Waals surface area contributed by atoms with Gasteiger partial charge in [0, 0.05) is 17.8 Å². The molecule has 3 aliphatic heterocycles. The number of halogens is 1. The SMILES string of the molecule is C=CCOC(=O)[C@@H]1[C@H]2C(=O)N(CCO)C(C(=O)N(CC=C)c3ccccc3Cl)C23CC[C@@]1(C)S3. The van der Waals surface area contributed by atoms with Gasteiger partial charge in [0.1, 0.15) is 12.6 Å². The van der Waals surface area contributed by atoms with Gasteiger partial charge < -0.3 is 19.6 Å². The van der Waals surface area contributed by atoms with Crippen LogP contribution in [-0.4, -0.2) is 69.6 Å². The maximum atomic E-state index is 14.2. The number of benzene rings is 1. The van der Waals surface area contributed by atoms with Crippen molar-refractivity contribution in [2.75, 3.05) is 31.2 Å². The number of nitrogens with zero attached hydrogens (tertiary/aromatic N) is 2. The van der Waals surface area contributed by atoms with E-state index >= 15 is 0 Å². The van der Waals surface area contributed by atoms with Gasteiger partial charge >= 0.3 is 5.97 Å². The maximum absolute atomic E-state index is 14.2. The van der Waals surface area contributed by atoms with E-state index in [1.54, 1.807) is 42.1 Å². The van der Waals surface area contributed by atoms with Crippen LogP contribution in [0.5, 0.6) is 0 Å². The number of aliphatic hydroxyl groups excluding tert-OH is 1. The van der Waals surface area contributed by atoms with Crippen LogP contribution >= 0.6 is 23.4 Å². The van der Waals surface area contributed by atoms with Gasteiger partial charge in [-0.05, 0) is 31.9 Å². The van der Waals surface area contributed by atoms with E-state index < -0.39 is 33.3 Å². The monoisotopic (exact) mass is 504 g/mol. The van der Waals surface area contributed by atoms with Crippen molar-refractivity contribution >= 4 is 46.8 Å². The highest BCUT2D eigenvalue weighted by Gasteiger charge is 2.77. The Kier molecular flexibility index (Phi) is 6.86. The fourth-order valence-electron chi connectivity index (χ4n) is 5.90. The summed E-state index contributed by atoms with van der Waals surface area (Å²) in [6, 6.07) is 6.18. The fourth-order valence-corrected chi connectivity index (χ4v) is 8.47. The molecule has 9 heteroatoms. The van der Waals surface area contributed by atoms with Crippen molar-refractivity contribution in [3.05, 3.63) is 54.6 Å². The smallest absolute Gasteiger partial charge is 0.311 e. The van der Waals surface area contributed by atoms with Gasteiger partial charge in [-0.15, -0.1) is 18.3 Å². The number of fused-ring (bicyclic) bond motifs is 1. The topological polar surface area (TPSA) is 87.1 Å². The average molecular weight is 505 g/mol. The minimum atomic E-state index is -0.850. The molecule has 7 nitrogen and oxygen atoms in total. The van der Waals surface area contributed by atoms with Gasteiger partial charge in [-0.2, -0.15) is 0 Å². The zero-order valence-electron chi connectivity index (χ0n) is 19.1. The Morgan fingerprint density at radius 1 is 1.32 bits per heavy atom. The zero-order valence-corrected chi connectivity index (χ0v) is 20.7. The van der Waals surface area contributed by atoms with Crippen LogP contribution in [0.1, 0.15) is 19.8 Å². The number of thioether (sulfide) groups is 1. The summed E-state index contributed by atoms with van der Waals surface area (Å²) in [5.74, 6) is -2.41. The van der Waals surface area contributed by atoms with Gasteiger partial charge in [-0.3, -0.25) is 14.4 Å². The Morgan fingerprint density at radius 3 is 2.71 bits per heavy atom. The molecule has 0 aliphatic carbocycles. The Balaban J connectivity index is 1.79. The first kappa shape index (κ1) is 24.8. The first-order chi connectivity index (χ1) is 16.3. The number of esters is 1. The molecule has 4 rings (SSSR count). The third-order valence-corrected chi connectivity index (χ3v) is 9.48. The molecule has 2 bridgehead atoms. The van der Waals surface area contributed by atoms with E-state index in [0.717, 1.165) is 0 Å². The number of anilines is 1. The number of rotatable bonds is 9. The van der Waals surface area contributed by atoms with Crippen molar-refractivity contribution in [1.82, 2.24) is 4.90 Å². The van der Waals surface area contributed by atoms with Crippen LogP contribution in [0.25, 0.3) is 0 Å². The first-order valence-electron chi connectivity index (χ1n) is 11.3. The second-order valence-electron chi connectivity index (χ2n) is 9.09. The van der Waals surface area contributed by atoms with Gasteiger partial charge in [0.25, 0.3) is 5.91 Å². The highest BCUT2D eigenvalue weighted by Crippen LogP contribution is 2.71. The molecule has 1 aromatic carbocycles. The van der Waals surface area contributed by atoms with Crippen molar-refractivity contribution in [2.45, 2.75) is 35.3 Å². The van der Waals surface area contributed by atoms with Crippen LogP contribution in [0.4, 0.5) is 5.69 Å². The van der Waals surface area contributed by atoms with Gasteiger partial charge in [0.2, 0.25) is 5.91 Å². The molecule has 3 heterocycles. The summed E-state index contributed by atoms with van der Waals surface area (Å²) in [5, 5.41) is 10.2. The second-order valence-corrected chi connectivity index (χ2v) is 11.4. The van der Waals surface area contributed by atoms with Crippen LogP contribution < -0.4 is 4.90 Å². The van der Waals surface area contributed by atoms with E-state index in [2.05, 4.69) is 13.2 Å². The second kappa shape index (κ2) is 9.40. The molecule has 0 saturated carbocycles. The van der Waals surface area contributed by atoms with E-state index in [1.807, 2.05) is 6.92 Å². The lowest BCUT2D eigenvalue weighted by Crippen LogP contribution is -2.55. The molecule has 34 heavy (non-hydrogen) atoms. The molecule has 3 fully saturated rings. The molecule has 2 unspecified atom stereocenters. The lowest BCUT2D eigenvalue weighted by atomic mass is 9.66. The molecule has 1 spiro atoms. The average Bonchev–Trinajstić information content (AvgIpc) is 3.37. The summed E-state index contributed by atoms with van der Waals surface area (Å²) in [4.78, 5) is 44.0. The van der Waals surface area contributed by atoms with E-state index in [-0.39, 0.29) is 38.1 Å². The minimum Gasteiger partial charge on any atom is -0.461 e. The summed E-state index contributed by atoms with van der Waals surface area (Å²) in [5.41, 5.74) is 0.524. The quantitative estimate of drug-likeness (QED) is 0.411. The molecule has 1 aromatic rings. The predicted molar refractivity (Wildman–Crippen MR) is 133 cm³/mol. The Hall–Kier alpha value is -2.29. The molecule has 1 N–H and O–H groups in total. The van der Waals surface area contributed by atoms with Crippen LogP contribution in [0.3, 0.4) is 0 Å². The molecule has 0 aromatic heterocycles. The van der Waals surface area contributed by atoms with Crippen LogP contribution in [0.2, 0.25) is 5.02 Å². The van der Waals surface area contributed by atoms with Crippen LogP contribution in [-0.2, 0) is 19.1 Å². The summed E-state index contributed by atoms with van der Waals surface area (Å²) in [6.07, 6.45) is 4.39. The summed E-state index contributed by atoms with van der Waals surface area (Å²) in [6.45, 7) is 9.34. The Morgan fingerprint density at radius 2 is 2.06 bits per heavy atom. The standard InChI is InChI=1S/C25H29ClN2O5S/c1-4-12-27(17-9-7-6-8-16(17)26)22(31)20-25-11-10-24(3,34-25)19(23(32)33-15-5-2)18(25)21(30)28(20)13-14-29/h4-9,18-20,29H,1-2,10-15H2,3H3/t18-,19-,20?,24+,25?/m0/s1.